The Balaban J connectivity index is 2.19. The average molecular weight is 271 g/mol. The standard InChI is InChI=1S/C11H12Cl2N4/c12-8-2-1-3-9(13)7(8)6-11-15-10(4-5-14)16-17-11/h1-3H,4-6,14H2,(H,15,16,17). The second kappa shape index (κ2) is 5.49. The highest BCUT2D eigenvalue weighted by Crippen LogP contribution is 2.25. The molecule has 0 fully saturated rings. The van der Waals surface area contributed by atoms with E-state index in [1.165, 1.54) is 0 Å². The van der Waals surface area contributed by atoms with Crippen LogP contribution >= 0.6 is 23.2 Å². The molecule has 2 aromatic rings. The van der Waals surface area contributed by atoms with Crippen LogP contribution in [0.2, 0.25) is 10.0 Å². The summed E-state index contributed by atoms with van der Waals surface area (Å²) in [6.45, 7) is 0.532. The predicted octanol–water partition coefficient (Wildman–Crippen LogP) is 2.20. The van der Waals surface area contributed by atoms with Gasteiger partial charge in [-0.2, -0.15) is 5.10 Å². The fraction of sp³-hybridized carbons (Fsp3) is 0.273. The molecular weight excluding hydrogens is 259 g/mol. The molecule has 0 saturated heterocycles. The van der Waals surface area contributed by atoms with Gasteiger partial charge in [0.1, 0.15) is 5.82 Å². The maximum Gasteiger partial charge on any atom is 0.151 e. The van der Waals surface area contributed by atoms with Crippen molar-refractivity contribution >= 4 is 23.2 Å². The summed E-state index contributed by atoms with van der Waals surface area (Å²) in [5.74, 6) is 1.45. The van der Waals surface area contributed by atoms with Crippen molar-refractivity contribution in [3.63, 3.8) is 0 Å². The maximum atomic E-state index is 6.08. The lowest BCUT2D eigenvalue weighted by Gasteiger charge is -2.03. The molecule has 2 rings (SSSR count). The van der Waals surface area contributed by atoms with Crippen LogP contribution in [0.1, 0.15) is 17.2 Å². The smallest absolute Gasteiger partial charge is 0.151 e. The minimum Gasteiger partial charge on any atom is -0.330 e. The molecule has 0 unspecified atom stereocenters. The van der Waals surface area contributed by atoms with Gasteiger partial charge in [0.15, 0.2) is 5.82 Å². The summed E-state index contributed by atoms with van der Waals surface area (Å²) >= 11 is 12.2. The summed E-state index contributed by atoms with van der Waals surface area (Å²) < 4.78 is 0. The highest BCUT2D eigenvalue weighted by atomic mass is 35.5. The fourth-order valence-corrected chi connectivity index (χ4v) is 2.05. The molecule has 0 spiro atoms. The van der Waals surface area contributed by atoms with Gasteiger partial charge in [-0.3, -0.25) is 5.10 Å². The first kappa shape index (κ1) is 12.4. The first-order chi connectivity index (χ1) is 8.20. The number of hydrogen-bond donors (Lipinski definition) is 2. The van der Waals surface area contributed by atoms with E-state index in [0.717, 1.165) is 11.4 Å². The molecule has 1 heterocycles. The second-order valence-corrected chi connectivity index (χ2v) is 4.43. The third-order valence-electron chi connectivity index (χ3n) is 2.35. The second-order valence-electron chi connectivity index (χ2n) is 3.61. The van der Waals surface area contributed by atoms with E-state index in [1.54, 1.807) is 12.1 Å². The highest BCUT2D eigenvalue weighted by molar-refractivity contribution is 6.36. The van der Waals surface area contributed by atoms with Crippen LogP contribution in [0.5, 0.6) is 0 Å². The number of rotatable bonds is 4. The Morgan fingerprint density at radius 2 is 1.94 bits per heavy atom. The van der Waals surface area contributed by atoms with Gasteiger partial charge in [0, 0.05) is 22.9 Å². The van der Waals surface area contributed by atoms with Gasteiger partial charge in [-0.1, -0.05) is 29.3 Å². The van der Waals surface area contributed by atoms with E-state index in [4.69, 9.17) is 28.9 Å². The minimum absolute atomic E-state index is 0.532. The molecule has 0 atom stereocenters. The first-order valence-corrected chi connectivity index (χ1v) is 5.99. The van der Waals surface area contributed by atoms with Gasteiger partial charge in [-0.15, -0.1) is 0 Å². The number of aromatic nitrogens is 3. The Hall–Kier alpha value is -1.10. The van der Waals surface area contributed by atoms with E-state index in [-0.39, 0.29) is 0 Å². The van der Waals surface area contributed by atoms with Gasteiger partial charge < -0.3 is 5.73 Å². The number of benzene rings is 1. The van der Waals surface area contributed by atoms with Gasteiger partial charge in [0.05, 0.1) is 0 Å². The molecule has 1 aromatic heterocycles. The largest absolute Gasteiger partial charge is 0.330 e. The molecule has 1 aromatic carbocycles. The van der Waals surface area contributed by atoms with E-state index >= 15 is 0 Å². The van der Waals surface area contributed by atoms with Crippen molar-refractivity contribution in [2.75, 3.05) is 6.54 Å². The molecule has 0 amide bonds. The van der Waals surface area contributed by atoms with E-state index in [9.17, 15) is 0 Å². The maximum absolute atomic E-state index is 6.08. The molecule has 90 valence electrons. The zero-order valence-electron chi connectivity index (χ0n) is 9.08. The monoisotopic (exact) mass is 270 g/mol. The first-order valence-electron chi connectivity index (χ1n) is 5.24. The van der Waals surface area contributed by atoms with E-state index in [1.807, 2.05) is 6.07 Å². The molecule has 0 aliphatic carbocycles. The zero-order chi connectivity index (χ0) is 12.3. The lowest BCUT2D eigenvalue weighted by atomic mass is 10.1. The third-order valence-corrected chi connectivity index (χ3v) is 3.06. The number of nitrogens with two attached hydrogens (primary N) is 1. The quantitative estimate of drug-likeness (QED) is 0.895. The average Bonchev–Trinajstić information content (AvgIpc) is 2.72. The van der Waals surface area contributed by atoms with Gasteiger partial charge in [0.2, 0.25) is 0 Å². The van der Waals surface area contributed by atoms with E-state index in [0.29, 0.717) is 35.3 Å². The molecule has 0 aliphatic heterocycles. The summed E-state index contributed by atoms with van der Waals surface area (Å²) in [5, 5.41) is 8.19. The molecule has 0 bridgehead atoms. The van der Waals surface area contributed by atoms with Gasteiger partial charge in [0.25, 0.3) is 0 Å². The number of aromatic amines is 1. The molecular formula is C11H12Cl2N4. The summed E-state index contributed by atoms with van der Waals surface area (Å²) in [5.41, 5.74) is 6.29. The van der Waals surface area contributed by atoms with Crippen molar-refractivity contribution in [1.82, 2.24) is 15.2 Å². The lowest BCUT2D eigenvalue weighted by molar-refractivity contribution is 0.874. The molecule has 3 N–H and O–H groups in total. The van der Waals surface area contributed by atoms with E-state index in [2.05, 4.69) is 15.2 Å². The van der Waals surface area contributed by atoms with Crippen LogP contribution in [0.4, 0.5) is 0 Å². The van der Waals surface area contributed by atoms with Crippen LogP contribution in [0.25, 0.3) is 0 Å². The molecule has 0 radical (unpaired) electrons. The number of nitrogens with zero attached hydrogens (tertiary/aromatic N) is 2. The Bertz CT molecular complexity index is 490. The van der Waals surface area contributed by atoms with Crippen molar-refractivity contribution in [3.8, 4) is 0 Å². The number of hydrogen-bond acceptors (Lipinski definition) is 3. The van der Waals surface area contributed by atoms with Crippen LogP contribution in [0, 0.1) is 0 Å². The predicted molar refractivity (Wildman–Crippen MR) is 68.4 cm³/mol. The van der Waals surface area contributed by atoms with Crippen LogP contribution < -0.4 is 5.73 Å². The Labute approximate surface area is 109 Å². The van der Waals surface area contributed by atoms with Crippen LogP contribution in [-0.2, 0) is 12.8 Å². The van der Waals surface area contributed by atoms with Crippen LogP contribution in [-0.4, -0.2) is 21.7 Å². The molecule has 0 aliphatic rings. The topological polar surface area (TPSA) is 67.6 Å². The summed E-state index contributed by atoms with van der Waals surface area (Å²) in [6.07, 6.45) is 1.20. The zero-order valence-corrected chi connectivity index (χ0v) is 10.6. The van der Waals surface area contributed by atoms with Crippen molar-refractivity contribution < 1.29 is 0 Å². The van der Waals surface area contributed by atoms with Crippen molar-refractivity contribution in [3.05, 3.63) is 45.5 Å². The molecule has 4 nitrogen and oxygen atoms in total. The van der Waals surface area contributed by atoms with Crippen molar-refractivity contribution in [1.29, 1.82) is 0 Å². The SMILES string of the molecule is NCCc1n[nH]c(Cc2c(Cl)cccc2Cl)n1. The van der Waals surface area contributed by atoms with Crippen LogP contribution in [0.15, 0.2) is 18.2 Å². The minimum atomic E-state index is 0.532. The Kier molecular flexibility index (Phi) is 3.99. The summed E-state index contributed by atoms with van der Waals surface area (Å²) in [4.78, 5) is 4.31. The summed E-state index contributed by atoms with van der Waals surface area (Å²) in [7, 11) is 0. The fourth-order valence-electron chi connectivity index (χ4n) is 1.52. The van der Waals surface area contributed by atoms with Crippen LogP contribution in [0.3, 0.4) is 0 Å². The van der Waals surface area contributed by atoms with Gasteiger partial charge >= 0.3 is 0 Å². The van der Waals surface area contributed by atoms with E-state index < -0.39 is 0 Å². The molecule has 6 heteroatoms. The Morgan fingerprint density at radius 1 is 1.24 bits per heavy atom. The highest BCUT2D eigenvalue weighted by Gasteiger charge is 2.09. The van der Waals surface area contributed by atoms with Crippen molar-refractivity contribution in [2.45, 2.75) is 12.8 Å². The Morgan fingerprint density at radius 3 is 2.59 bits per heavy atom. The molecule has 17 heavy (non-hydrogen) atoms. The number of H-pyrrole nitrogens is 1. The summed E-state index contributed by atoms with van der Waals surface area (Å²) in [6, 6.07) is 5.42. The normalized spacial score (nSPS) is 10.8. The van der Waals surface area contributed by atoms with Crippen molar-refractivity contribution in [2.24, 2.45) is 5.73 Å². The lowest BCUT2D eigenvalue weighted by Crippen LogP contribution is -2.04. The van der Waals surface area contributed by atoms with Gasteiger partial charge in [-0.05, 0) is 24.2 Å². The van der Waals surface area contributed by atoms with Gasteiger partial charge in [-0.25, -0.2) is 4.98 Å². The number of halogens is 2. The number of nitrogens with one attached hydrogen (secondary N) is 1. The molecule has 0 saturated carbocycles. The third kappa shape index (κ3) is 2.97.